The molecule has 0 atom stereocenters. The molecule has 1 aromatic heterocycles. The molecule has 24 heavy (non-hydrogen) atoms. The standard InChI is InChI=1S/C15H18N4O4S/c16-24(22,23)19-7-4-13(14(19)15(20)21)11-2-1-3-12(10-11)18-8-5-17-6-9-18/h1-4,7,10,17H,5-6,8-9H2,(H,20,21)(H2,16,22,23)/p-1. The SMILES string of the molecule is NS(=O)(=O)n1ccc(-c2cccc(N3CCNCC3)c2)c1C(=O)[O-]. The smallest absolute Gasteiger partial charge is 0.302 e. The van der Waals surface area contributed by atoms with Gasteiger partial charge < -0.3 is 20.1 Å². The van der Waals surface area contributed by atoms with Gasteiger partial charge in [-0.1, -0.05) is 12.1 Å². The Morgan fingerprint density at radius 2 is 1.92 bits per heavy atom. The van der Waals surface area contributed by atoms with E-state index in [1.807, 2.05) is 12.1 Å². The van der Waals surface area contributed by atoms with Crippen LogP contribution in [0.2, 0.25) is 0 Å². The van der Waals surface area contributed by atoms with Crippen molar-refractivity contribution in [3.8, 4) is 11.1 Å². The number of carbonyl (C=O) groups excluding carboxylic acids is 1. The molecule has 0 bridgehead atoms. The third-order valence-corrected chi connectivity index (χ3v) is 4.81. The minimum atomic E-state index is -4.22. The van der Waals surface area contributed by atoms with E-state index in [0.29, 0.717) is 9.54 Å². The van der Waals surface area contributed by atoms with Gasteiger partial charge in [-0.2, -0.15) is 8.42 Å². The maximum atomic E-state index is 11.6. The van der Waals surface area contributed by atoms with Crippen molar-refractivity contribution >= 4 is 21.9 Å². The number of anilines is 1. The molecule has 3 rings (SSSR count). The van der Waals surface area contributed by atoms with Crippen molar-refractivity contribution in [3.05, 3.63) is 42.2 Å². The van der Waals surface area contributed by atoms with Gasteiger partial charge in [-0.05, 0) is 23.8 Å². The molecule has 1 aliphatic heterocycles. The predicted molar refractivity (Wildman–Crippen MR) is 87.8 cm³/mol. The summed E-state index contributed by atoms with van der Waals surface area (Å²) in [7, 11) is -4.22. The molecule has 8 nitrogen and oxygen atoms in total. The minimum Gasteiger partial charge on any atom is -0.543 e. The highest BCUT2D eigenvalue weighted by Crippen LogP contribution is 2.29. The van der Waals surface area contributed by atoms with E-state index in [-0.39, 0.29) is 5.56 Å². The summed E-state index contributed by atoms with van der Waals surface area (Å²) in [6.07, 6.45) is 1.12. The molecule has 3 N–H and O–H groups in total. The number of piperazine rings is 1. The fraction of sp³-hybridized carbons (Fsp3) is 0.267. The molecule has 1 aromatic carbocycles. The lowest BCUT2D eigenvalue weighted by Gasteiger charge is -2.29. The number of rotatable bonds is 4. The maximum absolute atomic E-state index is 11.6. The topological polar surface area (TPSA) is 120 Å². The first kappa shape index (κ1) is 16.5. The number of aromatic nitrogens is 1. The van der Waals surface area contributed by atoms with Crippen LogP contribution in [0.3, 0.4) is 0 Å². The van der Waals surface area contributed by atoms with Crippen LogP contribution in [0.25, 0.3) is 11.1 Å². The average molecular weight is 349 g/mol. The Labute approximate surface area is 139 Å². The number of hydrogen-bond acceptors (Lipinski definition) is 6. The van der Waals surface area contributed by atoms with E-state index in [9.17, 15) is 18.3 Å². The van der Waals surface area contributed by atoms with Gasteiger partial charge in [-0.25, -0.2) is 9.11 Å². The molecule has 2 heterocycles. The molecule has 0 unspecified atom stereocenters. The van der Waals surface area contributed by atoms with Crippen molar-refractivity contribution in [3.63, 3.8) is 0 Å². The molecule has 1 fully saturated rings. The van der Waals surface area contributed by atoms with E-state index in [2.05, 4.69) is 10.2 Å². The third kappa shape index (κ3) is 3.14. The van der Waals surface area contributed by atoms with E-state index in [0.717, 1.165) is 38.1 Å². The minimum absolute atomic E-state index is 0.251. The monoisotopic (exact) mass is 349 g/mol. The van der Waals surface area contributed by atoms with Crippen LogP contribution in [0.15, 0.2) is 36.5 Å². The number of hydrogen-bond donors (Lipinski definition) is 2. The Balaban J connectivity index is 2.06. The van der Waals surface area contributed by atoms with Crippen molar-refractivity contribution in [2.75, 3.05) is 31.1 Å². The van der Waals surface area contributed by atoms with Crippen LogP contribution >= 0.6 is 0 Å². The van der Waals surface area contributed by atoms with Crippen molar-refractivity contribution in [1.82, 2.24) is 9.29 Å². The molecule has 128 valence electrons. The Hall–Kier alpha value is -2.36. The van der Waals surface area contributed by atoms with Crippen LogP contribution in [0, 0.1) is 0 Å². The van der Waals surface area contributed by atoms with Crippen LogP contribution in [0.4, 0.5) is 5.69 Å². The van der Waals surface area contributed by atoms with Gasteiger partial charge in [-0.3, -0.25) is 0 Å². The summed E-state index contributed by atoms with van der Waals surface area (Å²) in [6.45, 7) is 3.43. The van der Waals surface area contributed by atoms with E-state index in [4.69, 9.17) is 5.14 Å². The number of carboxylic acids is 1. The molecular weight excluding hydrogens is 332 g/mol. The predicted octanol–water partition coefficient (Wildman–Crippen LogP) is -1.02. The number of carbonyl (C=O) groups is 1. The molecular formula is C15H17N4O4S-. The summed E-state index contributed by atoms with van der Waals surface area (Å²) in [5.74, 6) is -1.60. The second-order valence-electron chi connectivity index (χ2n) is 5.49. The molecule has 1 saturated heterocycles. The maximum Gasteiger partial charge on any atom is 0.302 e. The molecule has 0 radical (unpaired) electrons. The van der Waals surface area contributed by atoms with Gasteiger partial charge in [-0.15, -0.1) is 0 Å². The number of carboxylic acid groups (broad SMARTS) is 1. The lowest BCUT2D eigenvalue weighted by Crippen LogP contribution is -2.43. The van der Waals surface area contributed by atoms with E-state index in [1.165, 1.54) is 6.07 Å². The highest BCUT2D eigenvalue weighted by atomic mass is 32.2. The zero-order chi connectivity index (χ0) is 17.3. The summed E-state index contributed by atoms with van der Waals surface area (Å²) >= 11 is 0. The lowest BCUT2D eigenvalue weighted by atomic mass is 10.0. The Morgan fingerprint density at radius 3 is 2.54 bits per heavy atom. The van der Waals surface area contributed by atoms with Gasteiger partial charge in [0, 0.05) is 43.6 Å². The van der Waals surface area contributed by atoms with Crippen molar-refractivity contribution in [2.24, 2.45) is 5.14 Å². The van der Waals surface area contributed by atoms with Gasteiger partial charge in [0.15, 0.2) is 0 Å². The number of nitrogens with one attached hydrogen (secondary N) is 1. The quantitative estimate of drug-likeness (QED) is 0.729. The summed E-state index contributed by atoms with van der Waals surface area (Å²) in [4.78, 5) is 13.6. The fourth-order valence-corrected chi connectivity index (χ4v) is 3.51. The van der Waals surface area contributed by atoms with Crippen molar-refractivity contribution in [2.45, 2.75) is 0 Å². The van der Waals surface area contributed by atoms with Crippen molar-refractivity contribution < 1.29 is 18.3 Å². The highest BCUT2D eigenvalue weighted by Gasteiger charge is 2.19. The van der Waals surface area contributed by atoms with Gasteiger partial charge in [0.05, 0.1) is 11.7 Å². The van der Waals surface area contributed by atoms with Crippen LogP contribution in [-0.4, -0.2) is 44.5 Å². The van der Waals surface area contributed by atoms with Gasteiger partial charge >= 0.3 is 10.2 Å². The largest absolute Gasteiger partial charge is 0.543 e. The summed E-state index contributed by atoms with van der Waals surface area (Å²) < 4.78 is 23.6. The number of aromatic carboxylic acids is 1. The third-order valence-electron chi connectivity index (χ3n) is 3.96. The van der Waals surface area contributed by atoms with Crippen LogP contribution < -0.4 is 20.5 Å². The highest BCUT2D eigenvalue weighted by molar-refractivity contribution is 7.87. The summed E-state index contributed by atoms with van der Waals surface area (Å²) in [5, 5.41) is 19.8. The van der Waals surface area contributed by atoms with Crippen molar-refractivity contribution in [1.29, 1.82) is 0 Å². The normalized spacial score (nSPS) is 15.5. The Morgan fingerprint density at radius 1 is 1.21 bits per heavy atom. The molecule has 1 aliphatic rings. The molecule has 0 aliphatic carbocycles. The molecule has 0 spiro atoms. The number of benzene rings is 1. The Kier molecular flexibility index (Phi) is 4.31. The van der Waals surface area contributed by atoms with E-state index in [1.54, 1.807) is 12.1 Å². The number of nitrogens with zero attached hydrogens (tertiary/aromatic N) is 2. The molecule has 0 saturated carbocycles. The van der Waals surface area contributed by atoms with E-state index >= 15 is 0 Å². The van der Waals surface area contributed by atoms with Crippen LogP contribution in [-0.2, 0) is 10.2 Å². The number of nitrogens with two attached hydrogens (primary N) is 1. The summed E-state index contributed by atoms with van der Waals surface area (Å²) in [5.41, 5.74) is 1.31. The van der Waals surface area contributed by atoms with Gasteiger partial charge in [0.25, 0.3) is 0 Å². The van der Waals surface area contributed by atoms with Gasteiger partial charge in [0.2, 0.25) is 0 Å². The lowest BCUT2D eigenvalue weighted by molar-refractivity contribution is -0.255. The van der Waals surface area contributed by atoms with Crippen LogP contribution in [0.5, 0.6) is 0 Å². The van der Waals surface area contributed by atoms with Crippen LogP contribution in [0.1, 0.15) is 10.5 Å². The first-order valence-corrected chi connectivity index (χ1v) is 8.90. The van der Waals surface area contributed by atoms with Gasteiger partial charge in [0.1, 0.15) is 0 Å². The zero-order valence-corrected chi connectivity index (χ0v) is 13.6. The average Bonchev–Trinajstić information content (AvgIpc) is 3.01. The molecule has 9 heteroatoms. The first-order valence-electron chi connectivity index (χ1n) is 7.40. The molecule has 0 amide bonds. The fourth-order valence-electron chi connectivity index (χ4n) is 2.85. The van der Waals surface area contributed by atoms with E-state index < -0.39 is 21.9 Å². The zero-order valence-electron chi connectivity index (χ0n) is 12.8. The summed E-state index contributed by atoms with van der Waals surface area (Å²) in [6, 6.07) is 8.71. The Bertz CT molecular complexity index is 869. The molecule has 2 aromatic rings. The second-order valence-corrected chi connectivity index (χ2v) is 6.92. The second kappa shape index (κ2) is 6.27. The first-order chi connectivity index (χ1) is 11.4.